The van der Waals surface area contributed by atoms with Crippen molar-refractivity contribution < 1.29 is 5.11 Å². The quantitative estimate of drug-likeness (QED) is 0.540. The van der Waals surface area contributed by atoms with Crippen LogP contribution in [0.4, 0.5) is 0 Å². The number of hydrogen-bond acceptors (Lipinski definition) is 2. The number of rotatable bonds is 1. The molecule has 1 aliphatic rings. The number of aliphatic hydroxyl groups is 1. The largest absolute Gasteiger partial charge is 0.392 e. The molecule has 1 saturated carbocycles. The van der Waals surface area contributed by atoms with Gasteiger partial charge in [-0.05, 0) is 19.9 Å². The summed E-state index contributed by atoms with van der Waals surface area (Å²) in [6.07, 6.45) is 4.48. The SMILES string of the molecule is CN[C@H]1CCCC[C@@H]1O. The average Bonchev–Trinajstić information content (AvgIpc) is 1.89. The number of aliphatic hydroxyl groups excluding tert-OH is 1. The van der Waals surface area contributed by atoms with Crippen molar-refractivity contribution in [1.29, 1.82) is 0 Å². The van der Waals surface area contributed by atoms with Crippen molar-refractivity contribution in [2.75, 3.05) is 7.05 Å². The Balaban J connectivity index is 2.30. The van der Waals surface area contributed by atoms with E-state index in [0.717, 1.165) is 12.8 Å². The third-order valence-electron chi connectivity index (χ3n) is 2.10. The first-order valence-corrected chi connectivity index (χ1v) is 3.70. The lowest BCUT2D eigenvalue weighted by atomic mass is 9.93. The third kappa shape index (κ3) is 1.66. The van der Waals surface area contributed by atoms with Crippen LogP contribution in [0.2, 0.25) is 0 Å². The molecule has 0 unspecified atom stereocenters. The molecule has 1 rings (SSSR count). The van der Waals surface area contributed by atoms with E-state index in [2.05, 4.69) is 5.32 Å². The van der Waals surface area contributed by atoms with E-state index < -0.39 is 0 Å². The van der Waals surface area contributed by atoms with Crippen LogP contribution < -0.4 is 5.32 Å². The smallest absolute Gasteiger partial charge is 0.0693 e. The van der Waals surface area contributed by atoms with Gasteiger partial charge in [-0.1, -0.05) is 12.8 Å². The molecule has 0 amide bonds. The highest BCUT2D eigenvalue weighted by Gasteiger charge is 2.20. The van der Waals surface area contributed by atoms with Crippen LogP contribution in [-0.2, 0) is 0 Å². The summed E-state index contributed by atoms with van der Waals surface area (Å²) in [7, 11) is 1.92. The van der Waals surface area contributed by atoms with E-state index >= 15 is 0 Å². The highest BCUT2D eigenvalue weighted by Crippen LogP contribution is 2.17. The van der Waals surface area contributed by atoms with Gasteiger partial charge in [-0.2, -0.15) is 0 Å². The van der Waals surface area contributed by atoms with Crippen LogP contribution >= 0.6 is 0 Å². The summed E-state index contributed by atoms with van der Waals surface area (Å²) in [6, 6.07) is 0.360. The lowest BCUT2D eigenvalue weighted by molar-refractivity contribution is 0.0948. The Hall–Kier alpha value is -0.0800. The van der Waals surface area contributed by atoms with E-state index in [-0.39, 0.29) is 6.10 Å². The van der Waals surface area contributed by atoms with Crippen molar-refractivity contribution >= 4 is 0 Å². The number of nitrogens with one attached hydrogen (secondary N) is 1. The highest BCUT2D eigenvalue weighted by atomic mass is 16.3. The van der Waals surface area contributed by atoms with E-state index in [9.17, 15) is 5.11 Å². The zero-order chi connectivity index (χ0) is 6.69. The molecule has 9 heavy (non-hydrogen) atoms. The molecule has 1 aliphatic carbocycles. The van der Waals surface area contributed by atoms with Crippen molar-refractivity contribution in [3.05, 3.63) is 0 Å². The molecule has 2 atom stereocenters. The van der Waals surface area contributed by atoms with Gasteiger partial charge >= 0.3 is 0 Å². The van der Waals surface area contributed by atoms with Crippen molar-refractivity contribution in [3.8, 4) is 0 Å². The molecule has 0 aromatic heterocycles. The Morgan fingerprint density at radius 2 is 2.00 bits per heavy atom. The molecular weight excluding hydrogens is 114 g/mol. The van der Waals surface area contributed by atoms with Gasteiger partial charge in [-0.3, -0.25) is 0 Å². The van der Waals surface area contributed by atoms with Crippen molar-refractivity contribution in [3.63, 3.8) is 0 Å². The Morgan fingerprint density at radius 3 is 2.44 bits per heavy atom. The molecular formula is C7H15NO. The summed E-state index contributed by atoms with van der Waals surface area (Å²) in [5, 5.41) is 12.4. The van der Waals surface area contributed by atoms with E-state index in [4.69, 9.17) is 0 Å². The highest BCUT2D eigenvalue weighted by molar-refractivity contribution is 4.78. The molecule has 0 aromatic rings. The molecule has 0 bridgehead atoms. The van der Waals surface area contributed by atoms with Gasteiger partial charge in [0.15, 0.2) is 0 Å². The first-order chi connectivity index (χ1) is 4.34. The Labute approximate surface area is 56.3 Å². The zero-order valence-electron chi connectivity index (χ0n) is 5.93. The van der Waals surface area contributed by atoms with Crippen molar-refractivity contribution in [1.82, 2.24) is 5.32 Å². The van der Waals surface area contributed by atoms with Gasteiger partial charge in [0.25, 0.3) is 0 Å². The van der Waals surface area contributed by atoms with Gasteiger partial charge in [0, 0.05) is 6.04 Å². The van der Waals surface area contributed by atoms with Crippen LogP contribution in [0.5, 0.6) is 0 Å². The molecule has 2 heteroatoms. The summed E-state index contributed by atoms with van der Waals surface area (Å²) in [5.41, 5.74) is 0. The fourth-order valence-corrected chi connectivity index (χ4v) is 1.45. The van der Waals surface area contributed by atoms with E-state index in [1.165, 1.54) is 12.8 Å². The zero-order valence-corrected chi connectivity index (χ0v) is 5.93. The van der Waals surface area contributed by atoms with Crippen LogP contribution in [0.1, 0.15) is 25.7 Å². The number of hydrogen-bond donors (Lipinski definition) is 2. The van der Waals surface area contributed by atoms with Gasteiger partial charge in [-0.25, -0.2) is 0 Å². The van der Waals surface area contributed by atoms with E-state index in [0.29, 0.717) is 6.04 Å². The molecule has 0 radical (unpaired) electrons. The van der Waals surface area contributed by atoms with Crippen LogP contribution in [0.3, 0.4) is 0 Å². The Kier molecular flexibility index (Phi) is 2.49. The minimum Gasteiger partial charge on any atom is -0.392 e. The molecule has 2 N–H and O–H groups in total. The predicted octanol–water partition coefficient (Wildman–Crippen LogP) is 0.509. The summed E-state index contributed by atoms with van der Waals surface area (Å²) >= 11 is 0. The van der Waals surface area contributed by atoms with Crippen molar-refractivity contribution in [2.24, 2.45) is 0 Å². The molecule has 0 saturated heterocycles. The van der Waals surface area contributed by atoms with Gasteiger partial charge < -0.3 is 10.4 Å². The molecule has 0 spiro atoms. The Morgan fingerprint density at radius 1 is 1.33 bits per heavy atom. The predicted molar refractivity (Wildman–Crippen MR) is 37.3 cm³/mol. The van der Waals surface area contributed by atoms with E-state index in [1.54, 1.807) is 0 Å². The van der Waals surface area contributed by atoms with Crippen molar-refractivity contribution in [2.45, 2.75) is 37.8 Å². The first kappa shape index (κ1) is 7.03. The molecule has 54 valence electrons. The van der Waals surface area contributed by atoms with Gasteiger partial charge in [-0.15, -0.1) is 0 Å². The maximum absolute atomic E-state index is 9.31. The standard InChI is InChI=1S/C7H15NO/c1-8-6-4-2-3-5-7(6)9/h6-9H,2-5H2,1H3/t6-,7-/m0/s1. The molecule has 0 heterocycles. The van der Waals surface area contributed by atoms with Crippen LogP contribution in [0.25, 0.3) is 0 Å². The number of likely N-dealkylation sites (N-methyl/N-ethyl adjacent to an activating group) is 1. The minimum atomic E-state index is -0.0938. The molecule has 0 aliphatic heterocycles. The lowest BCUT2D eigenvalue weighted by Crippen LogP contribution is -2.39. The topological polar surface area (TPSA) is 32.3 Å². The maximum Gasteiger partial charge on any atom is 0.0693 e. The normalized spacial score (nSPS) is 36.7. The average molecular weight is 129 g/mol. The minimum absolute atomic E-state index is 0.0938. The lowest BCUT2D eigenvalue weighted by Gasteiger charge is -2.26. The third-order valence-corrected chi connectivity index (χ3v) is 2.10. The van der Waals surface area contributed by atoms with Crippen LogP contribution in [0, 0.1) is 0 Å². The molecule has 2 nitrogen and oxygen atoms in total. The Bertz CT molecular complexity index is 85.0. The summed E-state index contributed by atoms with van der Waals surface area (Å²) in [6.45, 7) is 0. The van der Waals surface area contributed by atoms with Gasteiger partial charge in [0.1, 0.15) is 0 Å². The second-order valence-corrected chi connectivity index (χ2v) is 2.75. The van der Waals surface area contributed by atoms with E-state index in [1.807, 2.05) is 7.05 Å². The fraction of sp³-hybridized carbons (Fsp3) is 1.00. The monoisotopic (exact) mass is 129 g/mol. The van der Waals surface area contributed by atoms with Gasteiger partial charge in [0.2, 0.25) is 0 Å². The second kappa shape index (κ2) is 3.18. The van der Waals surface area contributed by atoms with Gasteiger partial charge in [0.05, 0.1) is 6.10 Å². The second-order valence-electron chi connectivity index (χ2n) is 2.75. The first-order valence-electron chi connectivity index (χ1n) is 3.70. The molecule has 1 fully saturated rings. The van der Waals surface area contributed by atoms with Crippen LogP contribution in [0.15, 0.2) is 0 Å². The maximum atomic E-state index is 9.31. The summed E-state index contributed by atoms with van der Waals surface area (Å²) < 4.78 is 0. The molecule has 0 aromatic carbocycles. The summed E-state index contributed by atoms with van der Waals surface area (Å²) in [5.74, 6) is 0. The summed E-state index contributed by atoms with van der Waals surface area (Å²) in [4.78, 5) is 0. The fourth-order valence-electron chi connectivity index (χ4n) is 1.45. The van der Waals surface area contributed by atoms with Crippen LogP contribution in [-0.4, -0.2) is 24.3 Å².